The fraction of sp³-hybridized carbons (Fsp3) is 0.462. The van der Waals surface area contributed by atoms with Gasteiger partial charge in [-0.25, -0.2) is 8.78 Å². The average Bonchev–Trinajstić information content (AvgIpc) is 2.20. The molecule has 0 amide bonds. The lowest BCUT2D eigenvalue weighted by molar-refractivity contribution is -0.0126. The summed E-state index contributed by atoms with van der Waals surface area (Å²) in [5, 5.41) is 8.36. The van der Waals surface area contributed by atoms with Gasteiger partial charge in [-0.05, 0) is 43.5 Å². The first kappa shape index (κ1) is 12.6. The molecule has 1 aromatic rings. The Morgan fingerprint density at radius 3 is 2.25 bits per heavy atom. The topological polar surface area (TPSA) is 23.8 Å². The Hall–Kier alpha value is -1.43. The quantitative estimate of drug-likeness (QED) is 0.759. The summed E-state index contributed by atoms with van der Waals surface area (Å²) in [5.41, 5.74) is 2.51. The van der Waals surface area contributed by atoms with Crippen molar-refractivity contribution in [2.24, 2.45) is 0 Å². The van der Waals surface area contributed by atoms with E-state index < -0.39 is 12.3 Å². The van der Waals surface area contributed by atoms with Crippen molar-refractivity contribution in [2.75, 3.05) is 0 Å². The van der Waals surface area contributed by atoms with Crippen molar-refractivity contribution in [2.45, 2.75) is 39.5 Å². The van der Waals surface area contributed by atoms with Gasteiger partial charge in [-0.15, -0.1) is 0 Å². The number of alkyl halides is 2. The molecule has 1 aromatic carbocycles. The lowest BCUT2D eigenvalue weighted by Gasteiger charge is -2.19. The SMILES string of the molecule is Cc1cc(C)c(C(F)(F)CCC#N)cc1C. The van der Waals surface area contributed by atoms with Crippen LogP contribution in [0.3, 0.4) is 0 Å². The van der Waals surface area contributed by atoms with E-state index >= 15 is 0 Å². The molecule has 1 rings (SSSR count). The van der Waals surface area contributed by atoms with Crippen LogP contribution in [0.25, 0.3) is 0 Å². The van der Waals surface area contributed by atoms with E-state index in [4.69, 9.17) is 5.26 Å². The summed E-state index contributed by atoms with van der Waals surface area (Å²) in [7, 11) is 0. The highest BCUT2D eigenvalue weighted by molar-refractivity contribution is 5.38. The number of nitriles is 1. The summed E-state index contributed by atoms with van der Waals surface area (Å²) in [6.45, 7) is 5.40. The first-order valence-corrected chi connectivity index (χ1v) is 5.21. The number of benzene rings is 1. The molecule has 0 N–H and O–H groups in total. The molecule has 1 nitrogen and oxygen atoms in total. The minimum absolute atomic E-state index is 0.0471. The number of hydrogen-bond donors (Lipinski definition) is 0. The zero-order valence-electron chi connectivity index (χ0n) is 9.77. The first-order valence-electron chi connectivity index (χ1n) is 5.21. The molecule has 16 heavy (non-hydrogen) atoms. The molecule has 0 fully saturated rings. The number of hydrogen-bond acceptors (Lipinski definition) is 1. The highest BCUT2D eigenvalue weighted by Crippen LogP contribution is 2.35. The van der Waals surface area contributed by atoms with Crippen molar-refractivity contribution in [1.82, 2.24) is 0 Å². The van der Waals surface area contributed by atoms with E-state index in [1.165, 1.54) is 6.07 Å². The Morgan fingerprint density at radius 1 is 1.12 bits per heavy atom. The molecular weight excluding hydrogens is 208 g/mol. The number of aryl methyl sites for hydroxylation is 3. The largest absolute Gasteiger partial charge is 0.274 e. The molecule has 0 aromatic heterocycles. The maximum absolute atomic E-state index is 13.8. The van der Waals surface area contributed by atoms with Gasteiger partial charge < -0.3 is 0 Å². The van der Waals surface area contributed by atoms with Gasteiger partial charge >= 0.3 is 0 Å². The van der Waals surface area contributed by atoms with Crippen molar-refractivity contribution in [1.29, 1.82) is 5.26 Å². The van der Waals surface area contributed by atoms with Gasteiger partial charge in [0, 0.05) is 18.4 Å². The molecule has 3 heteroatoms. The van der Waals surface area contributed by atoms with E-state index in [-0.39, 0.29) is 12.0 Å². The average molecular weight is 223 g/mol. The van der Waals surface area contributed by atoms with Gasteiger partial charge in [0.15, 0.2) is 0 Å². The van der Waals surface area contributed by atoms with Gasteiger partial charge in [-0.3, -0.25) is 0 Å². The van der Waals surface area contributed by atoms with E-state index in [2.05, 4.69) is 0 Å². The van der Waals surface area contributed by atoms with Crippen LogP contribution in [0.5, 0.6) is 0 Å². The van der Waals surface area contributed by atoms with Crippen molar-refractivity contribution >= 4 is 0 Å². The van der Waals surface area contributed by atoms with Gasteiger partial charge in [-0.1, -0.05) is 6.07 Å². The van der Waals surface area contributed by atoms with Crippen LogP contribution in [0, 0.1) is 32.1 Å². The molecule has 0 radical (unpaired) electrons. The standard InChI is InChI=1S/C13H15F2N/c1-9-7-11(3)12(8-10(9)2)13(14,15)5-4-6-16/h7-8H,4-5H2,1-3H3. The maximum Gasteiger partial charge on any atom is 0.274 e. The molecule has 0 saturated heterocycles. The Kier molecular flexibility index (Phi) is 3.64. The normalized spacial score (nSPS) is 11.2. The lowest BCUT2D eigenvalue weighted by Crippen LogP contribution is -2.15. The Labute approximate surface area is 94.7 Å². The van der Waals surface area contributed by atoms with Crippen LogP contribution >= 0.6 is 0 Å². The summed E-state index contributed by atoms with van der Waals surface area (Å²) < 4.78 is 27.5. The predicted octanol–water partition coefficient (Wildman–Crippen LogP) is 4.01. The molecule has 0 aliphatic rings. The third kappa shape index (κ3) is 2.57. The zero-order chi connectivity index (χ0) is 12.3. The fourth-order valence-corrected chi connectivity index (χ4v) is 1.70. The van der Waals surface area contributed by atoms with Crippen molar-refractivity contribution < 1.29 is 8.78 Å². The second-order valence-corrected chi connectivity index (χ2v) is 4.11. The van der Waals surface area contributed by atoms with Crippen LogP contribution in [0.4, 0.5) is 8.78 Å². The van der Waals surface area contributed by atoms with Crippen LogP contribution < -0.4 is 0 Å². The molecule has 0 aliphatic carbocycles. The number of rotatable bonds is 3. The predicted molar refractivity (Wildman–Crippen MR) is 59.4 cm³/mol. The third-order valence-electron chi connectivity index (χ3n) is 2.79. The number of nitrogens with zero attached hydrogens (tertiary/aromatic N) is 1. The van der Waals surface area contributed by atoms with Gasteiger partial charge in [0.05, 0.1) is 6.07 Å². The molecule has 0 saturated carbocycles. The van der Waals surface area contributed by atoms with Gasteiger partial charge in [-0.2, -0.15) is 5.26 Å². The molecule has 0 atom stereocenters. The monoisotopic (exact) mass is 223 g/mol. The maximum atomic E-state index is 13.8. The highest BCUT2D eigenvalue weighted by atomic mass is 19.3. The summed E-state index contributed by atoms with van der Waals surface area (Å²) in [5.74, 6) is -2.90. The number of halogens is 2. The van der Waals surface area contributed by atoms with E-state index in [1.54, 1.807) is 19.1 Å². The fourth-order valence-electron chi connectivity index (χ4n) is 1.70. The van der Waals surface area contributed by atoms with Crippen LogP contribution in [0.15, 0.2) is 12.1 Å². The van der Waals surface area contributed by atoms with E-state index in [9.17, 15) is 8.78 Å². The smallest absolute Gasteiger partial charge is 0.201 e. The van der Waals surface area contributed by atoms with Crippen LogP contribution in [0.2, 0.25) is 0 Å². The molecular formula is C13H15F2N. The second kappa shape index (κ2) is 4.61. The van der Waals surface area contributed by atoms with Crippen molar-refractivity contribution in [3.63, 3.8) is 0 Å². The molecule has 0 aliphatic heterocycles. The first-order chi connectivity index (χ1) is 7.38. The molecule has 0 unspecified atom stereocenters. The third-order valence-corrected chi connectivity index (χ3v) is 2.79. The summed E-state index contributed by atoms with van der Waals surface area (Å²) in [4.78, 5) is 0. The molecule has 0 bridgehead atoms. The Bertz CT molecular complexity index is 430. The summed E-state index contributed by atoms with van der Waals surface area (Å²) in [6, 6.07) is 5.06. The zero-order valence-corrected chi connectivity index (χ0v) is 9.77. The molecule has 86 valence electrons. The van der Waals surface area contributed by atoms with Crippen molar-refractivity contribution in [3.05, 3.63) is 34.4 Å². The minimum atomic E-state index is -2.90. The van der Waals surface area contributed by atoms with Gasteiger partial charge in [0.25, 0.3) is 5.92 Å². The molecule has 0 heterocycles. The van der Waals surface area contributed by atoms with Crippen molar-refractivity contribution in [3.8, 4) is 6.07 Å². The minimum Gasteiger partial charge on any atom is -0.201 e. The van der Waals surface area contributed by atoms with E-state index in [1.807, 2.05) is 13.8 Å². The van der Waals surface area contributed by atoms with Crippen LogP contribution in [0.1, 0.15) is 35.1 Å². The summed E-state index contributed by atoms with van der Waals surface area (Å²) in [6.07, 6.45) is -0.536. The Morgan fingerprint density at radius 2 is 1.69 bits per heavy atom. The summed E-state index contributed by atoms with van der Waals surface area (Å²) >= 11 is 0. The molecule has 0 spiro atoms. The van der Waals surface area contributed by atoms with Gasteiger partial charge in [0.1, 0.15) is 0 Å². The highest BCUT2D eigenvalue weighted by Gasteiger charge is 2.32. The Balaban J connectivity index is 3.13. The second-order valence-electron chi connectivity index (χ2n) is 4.11. The van der Waals surface area contributed by atoms with Gasteiger partial charge in [0.2, 0.25) is 0 Å². The van der Waals surface area contributed by atoms with Crippen LogP contribution in [-0.2, 0) is 5.92 Å². The lowest BCUT2D eigenvalue weighted by atomic mass is 9.94. The van der Waals surface area contributed by atoms with E-state index in [0.29, 0.717) is 5.56 Å². The van der Waals surface area contributed by atoms with Crippen LogP contribution in [-0.4, -0.2) is 0 Å². The van der Waals surface area contributed by atoms with E-state index in [0.717, 1.165) is 11.1 Å².